The van der Waals surface area contributed by atoms with Gasteiger partial charge in [0.2, 0.25) is 0 Å². The fourth-order valence-corrected chi connectivity index (χ4v) is 1.86. The van der Waals surface area contributed by atoms with Gasteiger partial charge in [-0.1, -0.05) is 24.3 Å². The van der Waals surface area contributed by atoms with E-state index in [1.54, 1.807) is 12.1 Å². The molecule has 0 saturated heterocycles. The van der Waals surface area contributed by atoms with E-state index >= 15 is 0 Å². The first kappa shape index (κ1) is 10.4. The van der Waals surface area contributed by atoms with E-state index in [9.17, 15) is 13.2 Å². The lowest BCUT2D eigenvalue weighted by atomic mass is 10.1. The molecule has 2 aromatic rings. The Morgan fingerprint density at radius 1 is 1.13 bits per heavy atom. The molecule has 2 rings (SSSR count). The van der Waals surface area contributed by atoms with Crippen molar-refractivity contribution in [3.63, 3.8) is 0 Å². The number of thioether (sulfide) groups is 1. The first-order valence-corrected chi connectivity index (χ1v) is 5.02. The fourth-order valence-electron chi connectivity index (χ4n) is 1.29. The monoisotopic (exact) mass is 227 g/mol. The van der Waals surface area contributed by atoms with Crippen LogP contribution in [-0.2, 0) is 0 Å². The highest BCUT2D eigenvalue weighted by Gasteiger charge is 2.29. The third-order valence-electron chi connectivity index (χ3n) is 1.86. The normalized spacial score (nSPS) is 11.9. The van der Waals surface area contributed by atoms with Crippen LogP contribution >= 0.6 is 11.8 Å². The summed E-state index contributed by atoms with van der Waals surface area (Å²) in [5.41, 5.74) is -4.24. The van der Waals surface area contributed by atoms with Crippen LogP contribution in [0, 0.1) is 6.07 Å². The van der Waals surface area contributed by atoms with Gasteiger partial charge in [0.25, 0.3) is 0 Å². The second-order valence-corrected chi connectivity index (χ2v) is 4.11. The van der Waals surface area contributed by atoms with Gasteiger partial charge in [-0.2, -0.15) is 13.2 Å². The van der Waals surface area contributed by atoms with Gasteiger partial charge < -0.3 is 0 Å². The Morgan fingerprint density at radius 2 is 1.87 bits per heavy atom. The molecule has 0 amide bonds. The van der Waals surface area contributed by atoms with Crippen LogP contribution in [0.5, 0.6) is 0 Å². The largest absolute Gasteiger partial charge is 0.446 e. The average molecular weight is 227 g/mol. The molecule has 0 fully saturated rings. The third kappa shape index (κ3) is 2.65. The maximum absolute atomic E-state index is 12.1. The Balaban J connectivity index is 2.39. The highest BCUT2D eigenvalue weighted by molar-refractivity contribution is 8.00. The molecule has 15 heavy (non-hydrogen) atoms. The van der Waals surface area contributed by atoms with Crippen molar-refractivity contribution in [3.05, 3.63) is 42.5 Å². The van der Waals surface area contributed by atoms with Crippen molar-refractivity contribution in [1.29, 1.82) is 0 Å². The maximum Gasteiger partial charge on any atom is 0.446 e. The molecule has 0 unspecified atom stereocenters. The molecule has 0 aromatic heterocycles. The van der Waals surface area contributed by atoms with Crippen LogP contribution in [0.25, 0.3) is 10.8 Å². The zero-order chi connectivity index (χ0) is 10.9. The van der Waals surface area contributed by atoms with Crippen LogP contribution in [0.4, 0.5) is 13.2 Å². The minimum Gasteiger partial charge on any atom is -0.160 e. The SMILES string of the molecule is FC(F)(F)Sc1c[c]c2ccccc2c1. The molecule has 2 aromatic carbocycles. The van der Waals surface area contributed by atoms with Crippen molar-refractivity contribution in [2.75, 3.05) is 0 Å². The Kier molecular flexibility index (Phi) is 2.61. The second kappa shape index (κ2) is 3.77. The molecule has 0 spiro atoms. The van der Waals surface area contributed by atoms with Crippen molar-refractivity contribution < 1.29 is 13.2 Å². The van der Waals surface area contributed by atoms with Crippen molar-refractivity contribution in [2.24, 2.45) is 0 Å². The van der Waals surface area contributed by atoms with E-state index in [1.165, 1.54) is 12.1 Å². The lowest BCUT2D eigenvalue weighted by Gasteiger charge is -2.05. The maximum atomic E-state index is 12.1. The number of hydrogen-bond donors (Lipinski definition) is 0. The molecule has 0 heterocycles. The van der Waals surface area contributed by atoms with E-state index in [1.807, 2.05) is 12.1 Å². The van der Waals surface area contributed by atoms with Gasteiger partial charge in [0, 0.05) is 4.90 Å². The molecule has 0 bridgehead atoms. The number of alkyl halides is 3. The molecule has 0 nitrogen and oxygen atoms in total. The zero-order valence-electron chi connectivity index (χ0n) is 7.51. The summed E-state index contributed by atoms with van der Waals surface area (Å²) in [6.07, 6.45) is 0. The van der Waals surface area contributed by atoms with Gasteiger partial charge >= 0.3 is 5.51 Å². The molecular weight excluding hydrogens is 221 g/mol. The molecule has 0 aliphatic heterocycles. The number of fused-ring (bicyclic) bond motifs is 1. The Hall–Kier alpha value is -1.16. The third-order valence-corrected chi connectivity index (χ3v) is 2.56. The first-order chi connectivity index (χ1) is 7.04. The highest BCUT2D eigenvalue weighted by Crippen LogP contribution is 2.37. The van der Waals surface area contributed by atoms with Crippen molar-refractivity contribution >= 4 is 22.5 Å². The average Bonchev–Trinajstić information content (AvgIpc) is 2.15. The van der Waals surface area contributed by atoms with E-state index in [0.717, 1.165) is 10.8 Å². The predicted molar refractivity (Wildman–Crippen MR) is 54.7 cm³/mol. The van der Waals surface area contributed by atoms with Gasteiger partial charge in [-0.25, -0.2) is 0 Å². The lowest BCUT2D eigenvalue weighted by molar-refractivity contribution is -0.0328. The van der Waals surface area contributed by atoms with Crippen LogP contribution < -0.4 is 0 Å². The van der Waals surface area contributed by atoms with Gasteiger partial charge in [-0.3, -0.25) is 0 Å². The summed E-state index contributed by atoms with van der Waals surface area (Å²) in [5, 5.41) is 1.59. The summed E-state index contributed by atoms with van der Waals surface area (Å²) in [6, 6.07) is 12.9. The molecule has 1 radical (unpaired) electrons. The second-order valence-electron chi connectivity index (χ2n) is 2.97. The van der Waals surface area contributed by atoms with Crippen LogP contribution in [0.2, 0.25) is 0 Å². The van der Waals surface area contributed by atoms with E-state index < -0.39 is 5.51 Å². The quantitative estimate of drug-likeness (QED) is 0.656. The molecule has 0 aliphatic carbocycles. The summed E-state index contributed by atoms with van der Waals surface area (Å²) in [4.78, 5) is 0.168. The molecule has 0 N–H and O–H groups in total. The number of benzene rings is 2. The van der Waals surface area contributed by atoms with E-state index in [-0.39, 0.29) is 16.7 Å². The molecular formula is C11H6F3S. The van der Waals surface area contributed by atoms with Gasteiger partial charge in [-0.15, -0.1) is 0 Å². The van der Waals surface area contributed by atoms with E-state index in [0.29, 0.717) is 0 Å². The van der Waals surface area contributed by atoms with Crippen molar-refractivity contribution in [2.45, 2.75) is 10.4 Å². The molecule has 0 atom stereocenters. The number of halogens is 3. The van der Waals surface area contributed by atoms with Crippen LogP contribution in [0.15, 0.2) is 41.3 Å². The van der Waals surface area contributed by atoms with Gasteiger partial charge in [0.05, 0.1) is 0 Å². The van der Waals surface area contributed by atoms with Crippen LogP contribution in [-0.4, -0.2) is 5.51 Å². The smallest absolute Gasteiger partial charge is 0.160 e. The number of hydrogen-bond acceptors (Lipinski definition) is 1. The van der Waals surface area contributed by atoms with Crippen molar-refractivity contribution in [3.8, 4) is 0 Å². The van der Waals surface area contributed by atoms with Crippen LogP contribution in [0.3, 0.4) is 0 Å². The topological polar surface area (TPSA) is 0 Å². The van der Waals surface area contributed by atoms with E-state index in [4.69, 9.17) is 0 Å². The summed E-state index contributed by atoms with van der Waals surface area (Å²) >= 11 is -0.116. The fraction of sp³-hybridized carbons (Fsp3) is 0.0909. The highest BCUT2D eigenvalue weighted by atomic mass is 32.2. The molecule has 4 heteroatoms. The Bertz CT molecular complexity index is 476. The number of rotatable bonds is 1. The molecule has 0 aliphatic rings. The van der Waals surface area contributed by atoms with E-state index in [2.05, 4.69) is 6.07 Å². The summed E-state index contributed by atoms with van der Waals surface area (Å²) < 4.78 is 36.3. The minimum atomic E-state index is -4.24. The van der Waals surface area contributed by atoms with Gasteiger partial charge in [0.15, 0.2) is 0 Å². The predicted octanol–water partition coefficient (Wildman–Crippen LogP) is 4.25. The summed E-state index contributed by atoms with van der Waals surface area (Å²) in [5.74, 6) is 0. The lowest BCUT2D eigenvalue weighted by Crippen LogP contribution is -1.98. The summed E-state index contributed by atoms with van der Waals surface area (Å²) in [6.45, 7) is 0. The minimum absolute atomic E-state index is 0.116. The standard InChI is InChI=1S/C11H6F3S/c12-11(13,14)15-10-6-5-8-3-1-2-4-9(8)7-10/h1-4,6-7H. The van der Waals surface area contributed by atoms with Crippen molar-refractivity contribution in [1.82, 2.24) is 0 Å². The first-order valence-electron chi connectivity index (χ1n) is 4.21. The van der Waals surface area contributed by atoms with Gasteiger partial charge in [0.1, 0.15) is 0 Å². The molecule has 0 saturated carbocycles. The molecule has 77 valence electrons. The summed E-state index contributed by atoms with van der Waals surface area (Å²) in [7, 11) is 0. The van der Waals surface area contributed by atoms with Crippen LogP contribution in [0.1, 0.15) is 0 Å². The zero-order valence-corrected chi connectivity index (χ0v) is 8.32. The van der Waals surface area contributed by atoms with Gasteiger partial charge in [-0.05, 0) is 40.7 Å². The Labute approximate surface area is 89.1 Å². The Morgan fingerprint density at radius 3 is 2.60 bits per heavy atom.